The largest absolute Gasteiger partial charge is 0.573 e. The third kappa shape index (κ3) is 5.26. The first-order valence-corrected chi connectivity index (χ1v) is 8.80. The molecule has 0 spiro atoms. The van der Waals surface area contributed by atoms with Crippen molar-refractivity contribution in [1.29, 1.82) is 0 Å². The zero-order valence-corrected chi connectivity index (χ0v) is 15.5. The predicted octanol–water partition coefficient (Wildman–Crippen LogP) is 2.88. The van der Waals surface area contributed by atoms with Crippen LogP contribution in [0.25, 0.3) is 0 Å². The van der Waals surface area contributed by atoms with E-state index in [4.69, 9.17) is 4.74 Å². The second-order valence-corrected chi connectivity index (χ2v) is 6.48. The lowest BCUT2D eigenvalue weighted by Gasteiger charge is -2.32. The second-order valence-electron chi connectivity index (χ2n) is 6.48. The Morgan fingerprint density at radius 1 is 1.14 bits per heavy atom. The van der Waals surface area contributed by atoms with E-state index in [1.807, 2.05) is 6.07 Å². The summed E-state index contributed by atoms with van der Waals surface area (Å²) in [6, 6.07) is 11.3. The number of carbonyl (C=O) groups excluding carboxylic acids is 2. The van der Waals surface area contributed by atoms with Gasteiger partial charge < -0.3 is 20.1 Å². The highest BCUT2D eigenvalue weighted by Crippen LogP contribution is 2.29. The fraction of sp³-hybridized carbons (Fsp3) is 0.300. The van der Waals surface area contributed by atoms with E-state index in [1.54, 1.807) is 24.3 Å². The van der Waals surface area contributed by atoms with Gasteiger partial charge in [0.15, 0.2) is 5.78 Å². The van der Waals surface area contributed by atoms with Crippen LogP contribution < -0.4 is 20.1 Å². The fourth-order valence-electron chi connectivity index (χ4n) is 3.24. The van der Waals surface area contributed by atoms with Gasteiger partial charge in [-0.1, -0.05) is 30.3 Å². The van der Waals surface area contributed by atoms with E-state index in [9.17, 15) is 22.8 Å². The molecule has 1 heterocycles. The predicted molar refractivity (Wildman–Crippen MR) is 97.3 cm³/mol. The SMILES string of the molecule is COc1ccc(OC(F)(F)F)cc1CN[C@H]1C(=O)CC(=O)N[C@H]1c1ccccc1. The van der Waals surface area contributed by atoms with Crippen LogP contribution in [0.4, 0.5) is 13.2 Å². The lowest BCUT2D eigenvalue weighted by molar-refractivity contribution is -0.274. The minimum absolute atomic E-state index is 0.0356. The van der Waals surface area contributed by atoms with Crippen LogP contribution in [0.15, 0.2) is 48.5 Å². The summed E-state index contributed by atoms with van der Waals surface area (Å²) in [6.07, 6.45) is -5.09. The highest BCUT2D eigenvalue weighted by molar-refractivity contribution is 6.03. The molecule has 2 N–H and O–H groups in total. The van der Waals surface area contributed by atoms with Crippen LogP contribution in [0, 0.1) is 0 Å². The van der Waals surface area contributed by atoms with Crippen LogP contribution in [0.1, 0.15) is 23.6 Å². The molecule has 1 amide bonds. The van der Waals surface area contributed by atoms with Crippen LogP contribution in [0.5, 0.6) is 11.5 Å². The summed E-state index contributed by atoms with van der Waals surface area (Å²) < 4.78 is 46.7. The first-order valence-electron chi connectivity index (χ1n) is 8.80. The summed E-state index contributed by atoms with van der Waals surface area (Å²) in [4.78, 5) is 24.3. The Kier molecular flexibility index (Phi) is 6.07. The Morgan fingerprint density at radius 3 is 2.52 bits per heavy atom. The quantitative estimate of drug-likeness (QED) is 0.719. The topological polar surface area (TPSA) is 76.7 Å². The van der Waals surface area contributed by atoms with E-state index in [0.717, 1.165) is 11.6 Å². The number of piperidine rings is 1. The molecule has 0 aromatic heterocycles. The van der Waals surface area contributed by atoms with Crippen LogP contribution in [0.3, 0.4) is 0 Å². The molecule has 1 fully saturated rings. The van der Waals surface area contributed by atoms with E-state index in [-0.39, 0.29) is 24.7 Å². The zero-order chi connectivity index (χ0) is 21.0. The first kappa shape index (κ1) is 20.7. The maximum absolute atomic E-state index is 12.5. The summed E-state index contributed by atoms with van der Waals surface area (Å²) in [6.45, 7) is 0.0356. The molecule has 0 radical (unpaired) electrons. The lowest BCUT2D eigenvalue weighted by Crippen LogP contribution is -2.53. The van der Waals surface area contributed by atoms with Gasteiger partial charge in [0.05, 0.1) is 25.6 Å². The molecule has 2 aromatic rings. The molecule has 1 saturated heterocycles. The van der Waals surface area contributed by atoms with Crippen molar-refractivity contribution in [3.05, 3.63) is 59.7 Å². The highest BCUT2D eigenvalue weighted by Gasteiger charge is 2.36. The Bertz CT molecular complexity index is 887. The molecule has 154 valence electrons. The average molecular weight is 408 g/mol. The number of benzene rings is 2. The number of hydrogen-bond acceptors (Lipinski definition) is 5. The number of hydrogen-bond donors (Lipinski definition) is 2. The number of amides is 1. The van der Waals surface area contributed by atoms with Crippen molar-refractivity contribution >= 4 is 11.7 Å². The molecule has 29 heavy (non-hydrogen) atoms. The molecule has 2 aromatic carbocycles. The van der Waals surface area contributed by atoms with E-state index < -0.39 is 24.2 Å². The van der Waals surface area contributed by atoms with Gasteiger partial charge in [-0.15, -0.1) is 13.2 Å². The highest BCUT2D eigenvalue weighted by atomic mass is 19.4. The molecule has 0 saturated carbocycles. The minimum Gasteiger partial charge on any atom is -0.496 e. The van der Waals surface area contributed by atoms with Gasteiger partial charge in [-0.3, -0.25) is 9.59 Å². The fourth-order valence-corrected chi connectivity index (χ4v) is 3.24. The van der Waals surface area contributed by atoms with E-state index in [0.29, 0.717) is 11.3 Å². The number of methoxy groups -OCH3 is 1. The number of halogens is 3. The van der Waals surface area contributed by atoms with Gasteiger partial charge in [0.25, 0.3) is 0 Å². The summed E-state index contributed by atoms with van der Waals surface area (Å²) in [5.74, 6) is -0.724. The van der Waals surface area contributed by atoms with E-state index >= 15 is 0 Å². The number of nitrogens with one attached hydrogen (secondary N) is 2. The molecule has 2 atom stereocenters. The molecular weight excluding hydrogens is 389 g/mol. The summed E-state index contributed by atoms with van der Waals surface area (Å²) >= 11 is 0. The summed E-state index contributed by atoms with van der Waals surface area (Å²) in [7, 11) is 1.39. The van der Waals surface area contributed by atoms with Crippen LogP contribution in [0.2, 0.25) is 0 Å². The molecule has 3 rings (SSSR count). The van der Waals surface area contributed by atoms with Gasteiger partial charge in [-0.2, -0.15) is 0 Å². The zero-order valence-electron chi connectivity index (χ0n) is 15.5. The average Bonchev–Trinajstić information content (AvgIpc) is 2.66. The maximum Gasteiger partial charge on any atom is 0.573 e. The lowest BCUT2D eigenvalue weighted by atomic mass is 9.90. The standard InChI is InChI=1S/C20H19F3N2O4/c1-28-16-8-7-14(29-20(21,22)23)9-13(16)11-24-19-15(26)10-17(27)25-18(19)12-5-3-2-4-6-12/h2-9,18-19,24H,10-11H2,1H3,(H,25,27)/t18-,19-/m0/s1. The van der Waals surface area contributed by atoms with Gasteiger partial charge >= 0.3 is 6.36 Å². The van der Waals surface area contributed by atoms with Crippen LogP contribution >= 0.6 is 0 Å². The van der Waals surface area contributed by atoms with Crippen molar-refractivity contribution < 1.29 is 32.2 Å². The van der Waals surface area contributed by atoms with Crippen LogP contribution in [-0.2, 0) is 16.1 Å². The van der Waals surface area contributed by atoms with Crippen molar-refractivity contribution in [1.82, 2.24) is 10.6 Å². The van der Waals surface area contributed by atoms with Crippen molar-refractivity contribution in [3.8, 4) is 11.5 Å². The monoisotopic (exact) mass is 408 g/mol. The number of ether oxygens (including phenoxy) is 2. The first-order chi connectivity index (χ1) is 13.8. The number of rotatable bonds is 6. The molecule has 0 bridgehead atoms. The summed E-state index contributed by atoms with van der Waals surface area (Å²) in [5.41, 5.74) is 1.12. The third-order valence-electron chi connectivity index (χ3n) is 4.49. The summed E-state index contributed by atoms with van der Waals surface area (Å²) in [5, 5.41) is 5.83. The Labute approximate surface area is 165 Å². The molecule has 0 aliphatic carbocycles. The van der Waals surface area contributed by atoms with E-state index in [1.165, 1.54) is 19.2 Å². The van der Waals surface area contributed by atoms with Gasteiger partial charge in [-0.25, -0.2) is 0 Å². The van der Waals surface area contributed by atoms with Crippen LogP contribution in [-0.4, -0.2) is 31.2 Å². The molecule has 9 heteroatoms. The number of Topliss-reactive ketones (excluding diaryl/α,β-unsaturated/α-hetero) is 1. The molecular formula is C20H19F3N2O4. The maximum atomic E-state index is 12.5. The Balaban J connectivity index is 1.81. The van der Waals surface area contributed by atoms with Gasteiger partial charge in [0, 0.05) is 12.1 Å². The number of alkyl halides is 3. The molecule has 1 aliphatic heterocycles. The normalized spacial score (nSPS) is 19.6. The smallest absolute Gasteiger partial charge is 0.496 e. The molecule has 0 unspecified atom stereocenters. The third-order valence-corrected chi connectivity index (χ3v) is 4.49. The number of carbonyl (C=O) groups is 2. The van der Waals surface area contributed by atoms with E-state index in [2.05, 4.69) is 15.4 Å². The van der Waals surface area contributed by atoms with Crippen molar-refractivity contribution in [2.24, 2.45) is 0 Å². The van der Waals surface area contributed by atoms with Crippen molar-refractivity contribution in [2.75, 3.05) is 7.11 Å². The Morgan fingerprint density at radius 2 is 1.86 bits per heavy atom. The van der Waals surface area contributed by atoms with Gasteiger partial charge in [0.1, 0.15) is 11.5 Å². The van der Waals surface area contributed by atoms with Gasteiger partial charge in [0.2, 0.25) is 5.91 Å². The number of ketones is 1. The minimum atomic E-state index is -4.82. The molecule has 1 aliphatic rings. The van der Waals surface area contributed by atoms with Gasteiger partial charge in [-0.05, 0) is 23.8 Å². The van der Waals surface area contributed by atoms with Crippen molar-refractivity contribution in [2.45, 2.75) is 31.4 Å². The second kappa shape index (κ2) is 8.52. The Hall–Kier alpha value is -3.07. The van der Waals surface area contributed by atoms with Crippen molar-refractivity contribution in [3.63, 3.8) is 0 Å². The molecule has 6 nitrogen and oxygen atoms in total.